The van der Waals surface area contributed by atoms with Crippen molar-refractivity contribution in [2.75, 3.05) is 18.6 Å². The van der Waals surface area contributed by atoms with Crippen molar-refractivity contribution < 1.29 is 19.0 Å². The molecule has 4 rings (SSSR count). The number of benzene rings is 2. The van der Waals surface area contributed by atoms with Gasteiger partial charge in [0, 0.05) is 16.4 Å². The molecule has 9 heteroatoms. The quantitative estimate of drug-likeness (QED) is 0.197. The number of nitrogens with one attached hydrogen (secondary N) is 2. The summed E-state index contributed by atoms with van der Waals surface area (Å²) in [7, 11) is 0. The Morgan fingerprint density at radius 1 is 1.03 bits per heavy atom. The number of carbonyl (C=O) groups excluding carboxylic acids is 1. The molecule has 0 aliphatic rings. The topological polar surface area (TPSA) is 135 Å². The van der Waals surface area contributed by atoms with Gasteiger partial charge in [0.25, 0.3) is 0 Å². The van der Waals surface area contributed by atoms with Crippen LogP contribution in [0.5, 0.6) is 5.75 Å². The fraction of sp³-hybridized carbons (Fsp3) is 0.231. The molecule has 0 saturated heterocycles. The van der Waals surface area contributed by atoms with E-state index in [1.165, 1.54) is 12.0 Å². The molecule has 0 fully saturated rings. The molecule has 35 heavy (non-hydrogen) atoms. The van der Waals surface area contributed by atoms with Crippen molar-refractivity contribution in [3.63, 3.8) is 0 Å². The Kier molecular flexibility index (Phi) is 9.91. The summed E-state index contributed by atoms with van der Waals surface area (Å²) >= 11 is 0. The molecule has 5 N–H and O–H groups in total. The van der Waals surface area contributed by atoms with Gasteiger partial charge in [0.2, 0.25) is 0 Å². The van der Waals surface area contributed by atoms with Gasteiger partial charge in [-0.1, -0.05) is 30.3 Å². The lowest BCUT2D eigenvalue weighted by molar-refractivity contribution is 0.201. The number of ether oxygens (including phenoxy) is 1. The SMILES string of the molecule is CCNC(=O)Oc1ccc(-c2cnc3ccc(NO)nc3n2)cc1.NCCCCc1ccccc1.[HH].[HH].[HH]. The number of hydrogen-bond donors (Lipinski definition) is 4. The number of fused-ring (bicyclic) bond motifs is 1. The highest BCUT2D eigenvalue weighted by Crippen LogP contribution is 2.22. The van der Waals surface area contributed by atoms with Crippen LogP contribution in [-0.4, -0.2) is 39.3 Å². The second-order valence-electron chi connectivity index (χ2n) is 7.58. The Morgan fingerprint density at radius 3 is 2.49 bits per heavy atom. The van der Waals surface area contributed by atoms with E-state index in [0.29, 0.717) is 35.0 Å². The van der Waals surface area contributed by atoms with Crippen molar-refractivity contribution in [3.05, 3.63) is 78.5 Å². The molecule has 0 radical (unpaired) electrons. The third-order valence-corrected chi connectivity index (χ3v) is 4.97. The van der Waals surface area contributed by atoms with Crippen LogP contribution in [-0.2, 0) is 6.42 Å². The summed E-state index contributed by atoms with van der Waals surface area (Å²) in [5, 5.41) is 11.5. The van der Waals surface area contributed by atoms with E-state index in [2.05, 4.69) is 44.5 Å². The van der Waals surface area contributed by atoms with Crippen LogP contribution in [0, 0.1) is 0 Å². The summed E-state index contributed by atoms with van der Waals surface area (Å²) in [6.07, 6.45) is 4.65. The van der Waals surface area contributed by atoms with Crippen molar-refractivity contribution in [1.29, 1.82) is 0 Å². The lowest BCUT2D eigenvalue weighted by Gasteiger charge is -2.06. The maximum absolute atomic E-state index is 11.4. The van der Waals surface area contributed by atoms with Gasteiger partial charge in [0.05, 0.1) is 11.9 Å². The molecule has 9 nitrogen and oxygen atoms in total. The van der Waals surface area contributed by atoms with Crippen molar-refractivity contribution in [2.45, 2.75) is 26.2 Å². The Bertz CT molecular complexity index is 1220. The molecule has 2 aromatic heterocycles. The van der Waals surface area contributed by atoms with Gasteiger partial charge in [0.15, 0.2) is 11.5 Å². The first kappa shape index (κ1) is 25.5. The minimum absolute atomic E-state index is 0. The lowest BCUT2D eigenvalue weighted by atomic mass is 10.1. The molecule has 0 saturated carbocycles. The number of anilines is 1. The molecule has 2 heterocycles. The van der Waals surface area contributed by atoms with Crippen LogP contribution in [0.3, 0.4) is 0 Å². The zero-order chi connectivity index (χ0) is 24.9. The van der Waals surface area contributed by atoms with E-state index in [1.54, 1.807) is 42.6 Å². The molecule has 2 aromatic carbocycles. The number of nitrogens with two attached hydrogens (primary N) is 1. The predicted molar refractivity (Wildman–Crippen MR) is 143 cm³/mol. The van der Waals surface area contributed by atoms with E-state index < -0.39 is 6.09 Å². The van der Waals surface area contributed by atoms with Gasteiger partial charge in [0.1, 0.15) is 11.3 Å². The fourth-order valence-electron chi connectivity index (χ4n) is 3.20. The number of hydrogen-bond acceptors (Lipinski definition) is 8. The molecular formula is C26H36N6O3. The number of rotatable bonds is 8. The average Bonchev–Trinajstić information content (AvgIpc) is 2.90. The van der Waals surface area contributed by atoms with E-state index in [0.717, 1.165) is 24.9 Å². The Morgan fingerprint density at radius 2 is 1.80 bits per heavy atom. The lowest BCUT2D eigenvalue weighted by Crippen LogP contribution is -2.26. The average molecular weight is 481 g/mol. The molecule has 0 aliphatic heterocycles. The van der Waals surface area contributed by atoms with E-state index in [1.807, 2.05) is 18.5 Å². The molecular weight excluding hydrogens is 444 g/mol. The molecule has 4 aromatic rings. The van der Waals surface area contributed by atoms with Crippen molar-refractivity contribution in [2.24, 2.45) is 5.73 Å². The Hall–Kier alpha value is -4.08. The van der Waals surface area contributed by atoms with Gasteiger partial charge in [-0.2, -0.15) is 0 Å². The maximum atomic E-state index is 11.4. The zero-order valence-corrected chi connectivity index (χ0v) is 19.6. The molecule has 0 aliphatic carbocycles. The normalized spacial score (nSPS) is 10.3. The minimum Gasteiger partial charge on any atom is -0.410 e. The van der Waals surface area contributed by atoms with E-state index in [9.17, 15) is 4.79 Å². The minimum atomic E-state index is -0.496. The molecule has 0 spiro atoms. The third kappa shape index (κ3) is 8.02. The van der Waals surface area contributed by atoms with Crippen molar-refractivity contribution in [3.8, 4) is 17.0 Å². The summed E-state index contributed by atoms with van der Waals surface area (Å²) in [5.74, 6) is 0.725. The Balaban J connectivity index is 0.000000838. The standard InChI is InChI=1S/C16H15N5O3.C10H15N.3H2/c1-2-17-16(22)24-11-5-3-10(4-6-11)13-9-18-12-7-8-14(21-23)20-15(12)19-13;11-9-5-4-8-10-6-2-1-3-7-10;;;/h3-9,23H,2H2,1H3,(H,17,22)(H,19,20,21);1-3,6-7H,4-5,8-9,11H2;3*1H. The van der Waals surface area contributed by atoms with Crippen LogP contribution >= 0.6 is 0 Å². The van der Waals surface area contributed by atoms with Gasteiger partial charge in [-0.05, 0) is 74.7 Å². The van der Waals surface area contributed by atoms with E-state index in [4.69, 9.17) is 15.7 Å². The number of pyridine rings is 1. The smallest absolute Gasteiger partial charge is 0.410 e. The van der Waals surface area contributed by atoms with Crippen LogP contribution in [0.4, 0.5) is 10.6 Å². The van der Waals surface area contributed by atoms with Gasteiger partial charge in [-0.15, -0.1) is 0 Å². The number of aryl methyl sites for hydroxylation is 1. The zero-order valence-electron chi connectivity index (χ0n) is 19.6. The highest BCUT2D eigenvalue weighted by molar-refractivity contribution is 5.75. The van der Waals surface area contributed by atoms with Crippen LogP contribution < -0.4 is 21.3 Å². The fourth-order valence-corrected chi connectivity index (χ4v) is 3.20. The molecule has 0 bridgehead atoms. The third-order valence-electron chi connectivity index (χ3n) is 4.97. The highest BCUT2D eigenvalue weighted by atomic mass is 16.6. The van der Waals surface area contributed by atoms with Crippen molar-refractivity contribution in [1.82, 2.24) is 20.3 Å². The molecule has 1 amide bonds. The van der Waals surface area contributed by atoms with Crippen LogP contribution in [0.15, 0.2) is 72.9 Å². The number of amides is 1. The maximum Gasteiger partial charge on any atom is 0.412 e. The summed E-state index contributed by atoms with van der Waals surface area (Å²) in [5.41, 5.74) is 11.2. The van der Waals surface area contributed by atoms with Crippen LogP contribution in [0.2, 0.25) is 0 Å². The number of aromatic nitrogens is 3. The Labute approximate surface area is 208 Å². The summed E-state index contributed by atoms with van der Waals surface area (Å²) in [4.78, 5) is 24.3. The first-order chi connectivity index (χ1) is 17.1. The van der Waals surface area contributed by atoms with Gasteiger partial charge in [-0.25, -0.2) is 14.8 Å². The van der Waals surface area contributed by atoms with Gasteiger partial charge in [-0.3, -0.25) is 15.7 Å². The monoisotopic (exact) mass is 480 g/mol. The van der Waals surface area contributed by atoms with Crippen LogP contribution in [0.25, 0.3) is 22.4 Å². The van der Waals surface area contributed by atoms with E-state index >= 15 is 0 Å². The van der Waals surface area contributed by atoms with Crippen LogP contribution in [0.1, 0.15) is 29.6 Å². The summed E-state index contributed by atoms with van der Waals surface area (Å²) in [6, 6.07) is 20.8. The summed E-state index contributed by atoms with van der Waals surface area (Å²) < 4.78 is 5.11. The number of carbonyl (C=O) groups is 1. The number of unbranched alkanes of at least 4 members (excludes halogenated alkanes) is 1. The van der Waals surface area contributed by atoms with Gasteiger partial charge >= 0.3 is 6.09 Å². The highest BCUT2D eigenvalue weighted by Gasteiger charge is 2.07. The second-order valence-corrected chi connectivity index (χ2v) is 7.58. The first-order valence-corrected chi connectivity index (χ1v) is 11.5. The first-order valence-electron chi connectivity index (χ1n) is 11.5. The molecule has 188 valence electrons. The van der Waals surface area contributed by atoms with Crippen molar-refractivity contribution >= 4 is 23.1 Å². The molecule has 0 unspecified atom stereocenters. The predicted octanol–water partition coefficient (Wildman–Crippen LogP) is 5.31. The largest absolute Gasteiger partial charge is 0.412 e. The number of nitrogens with zero attached hydrogens (tertiary/aromatic N) is 3. The summed E-state index contributed by atoms with van der Waals surface area (Å²) in [6.45, 7) is 3.13. The van der Waals surface area contributed by atoms with E-state index in [-0.39, 0.29) is 4.28 Å². The van der Waals surface area contributed by atoms with Gasteiger partial charge < -0.3 is 15.8 Å². The second kappa shape index (κ2) is 13.6. The molecule has 0 atom stereocenters.